The standard InChI is InChI=1S/C24H36O4/c1-14(4-7-21(27)28)17-5-6-18-22-19(9-11-24(17,18)3)23(2)10-8-16(25)12-15(23)13-20(22)26/h12,14,17-20,22,26H,4-11,13H2,1-3H3,(H,27,28)/t14-,17-,18?,19?,20?,22+,23+,24-/m1/s1. The molecule has 4 aliphatic rings. The summed E-state index contributed by atoms with van der Waals surface area (Å²) >= 11 is 0. The van der Waals surface area contributed by atoms with Crippen LogP contribution in [0.2, 0.25) is 0 Å². The molecule has 0 aromatic heterocycles. The van der Waals surface area contributed by atoms with Crippen molar-refractivity contribution in [3.63, 3.8) is 0 Å². The maximum Gasteiger partial charge on any atom is 0.303 e. The second-order valence-corrected chi connectivity index (χ2v) is 10.8. The Morgan fingerprint density at radius 1 is 1.21 bits per heavy atom. The van der Waals surface area contributed by atoms with E-state index >= 15 is 0 Å². The molecule has 0 saturated heterocycles. The molecule has 28 heavy (non-hydrogen) atoms. The summed E-state index contributed by atoms with van der Waals surface area (Å²) < 4.78 is 0. The van der Waals surface area contributed by atoms with E-state index in [1.165, 1.54) is 12.0 Å². The molecule has 2 N–H and O–H groups in total. The van der Waals surface area contributed by atoms with Gasteiger partial charge in [0.05, 0.1) is 6.10 Å². The zero-order valence-corrected chi connectivity index (χ0v) is 17.6. The summed E-state index contributed by atoms with van der Waals surface area (Å²) in [4.78, 5) is 23.0. The highest BCUT2D eigenvalue weighted by molar-refractivity contribution is 5.91. The van der Waals surface area contributed by atoms with Crippen molar-refractivity contribution in [1.82, 2.24) is 0 Å². The monoisotopic (exact) mass is 388 g/mol. The van der Waals surface area contributed by atoms with Gasteiger partial charge in [-0.25, -0.2) is 0 Å². The van der Waals surface area contributed by atoms with Gasteiger partial charge in [-0.05, 0) is 91.4 Å². The molecule has 156 valence electrons. The van der Waals surface area contributed by atoms with Gasteiger partial charge in [-0.15, -0.1) is 0 Å². The van der Waals surface area contributed by atoms with Gasteiger partial charge in [-0.3, -0.25) is 9.59 Å². The summed E-state index contributed by atoms with van der Waals surface area (Å²) in [5, 5.41) is 20.3. The number of aliphatic hydroxyl groups is 1. The third kappa shape index (κ3) is 2.98. The van der Waals surface area contributed by atoms with Gasteiger partial charge in [-0.2, -0.15) is 0 Å². The van der Waals surface area contributed by atoms with E-state index in [1.54, 1.807) is 0 Å². The van der Waals surface area contributed by atoms with Crippen molar-refractivity contribution in [2.24, 2.45) is 40.4 Å². The highest BCUT2D eigenvalue weighted by Gasteiger charge is 2.61. The van der Waals surface area contributed by atoms with Crippen molar-refractivity contribution < 1.29 is 19.8 Å². The molecule has 4 heteroatoms. The van der Waals surface area contributed by atoms with Gasteiger partial charge in [-0.1, -0.05) is 26.3 Å². The topological polar surface area (TPSA) is 74.6 Å². The summed E-state index contributed by atoms with van der Waals surface area (Å²) in [6, 6.07) is 0. The molecule has 3 saturated carbocycles. The summed E-state index contributed by atoms with van der Waals surface area (Å²) in [5.74, 6) is 1.83. The average Bonchev–Trinajstić information content (AvgIpc) is 2.98. The molecule has 0 aromatic carbocycles. The van der Waals surface area contributed by atoms with Crippen LogP contribution in [-0.4, -0.2) is 28.1 Å². The minimum Gasteiger partial charge on any atom is -0.481 e. The average molecular weight is 389 g/mol. The Morgan fingerprint density at radius 3 is 2.68 bits per heavy atom. The van der Waals surface area contributed by atoms with Crippen LogP contribution >= 0.6 is 0 Å². The number of hydrogen-bond acceptors (Lipinski definition) is 3. The van der Waals surface area contributed by atoms with E-state index in [2.05, 4.69) is 20.8 Å². The SMILES string of the molecule is C[C@H](CCC(=O)O)[C@H]1CCC2[C@@H]3C(O)CC4=CC(=O)CC[C@]4(C)C3CC[C@@]21C. The lowest BCUT2D eigenvalue weighted by atomic mass is 9.45. The van der Waals surface area contributed by atoms with Crippen molar-refractivity contribution >= 4 is 11.8 Å². The van der Waals surface area contributed by atoms with Gasteiger partial charge in [0, 0.05) is 12.8 Å². The number of carbonyl (C=O) groups is 2. The quantitative estimate of drug-likeness (QED) is 0.738. The lowest BCUT2D eigenvalue weighted by molar-refractivity contribution is -0.137. The summed E-state index contributed by atoms with van der Waals surface area (Å²) in [6.07, 6.45) is 9.39. The van der Waals surface area contributed by atoms with Gasteiger partial charge < -0.3 is 10.2 Å². The largest absolute Gasteiger partial charge is 0.481 e. The second-order valence-electron chi connectivity index (χ2n) is 10.8. The molecule has 4 aliphatic carbocycles. The Balaban J connectivity index is 1.59. The maximum atomic E-state index is 12.0. The summed E-state index contributed by atoms with van der Waals surface area (Å²) in [7, 11) is 0. The fourth-order valence-electron chi connectivity index (χ4n) is 8.05. The van der Waals surface area contributed by atoms with Crippen LogP contribution in [0.3, 0.4) is 0 Å². The molecule has 8 atom stereocenters. The number of rotatable bonds is 4. The first kappa shape index (κ1) is 20.1. The van der Waals surface area contributed by atoms with Crippen LogP contribution in [0.15, 0.2) is 11.6 Å². The fourth-order valence-corrected chi connectivity index (χ4v) is 8.05. The zero-order chi connectivity index (χ0) is 20.3. The van der Waals surface area contributed by atoms with Crippen molar-refractivity contribution in [2.75, 3.05) is 0 Å². The van der Waals surface area contributed by atoms with Crippen LogP contribution in [-0.2, 0) is 9.59 Å². The number of carbonyl (C=O) groups excluding carboxylic acids is 1. The number of carboxylic acid groups (broad SMARTS) is 1. The number of aliphatic carboxylic acids is 1. The van der Waals surface area contributed by atoms with Crippen LogP contribution in [0.5, 0.6) is 0 Å². The zero-order valence-electron chi connectivity index (χ0n) is 17.6. The molecule has 0 heterocycles. The van der Waals surface area contributed by atoms with Crippen molar-refractivity contribution in [3.05, 3.63) is 11.6 Å². The molecule has 3 fully saturated rings. The van der Waals surface area contributed by atoms with Gasteiger partial charge >= 0.3 is 5.97 Å². The predicted octanol–water partition coefficient (Wildman–Crippen LogP) is 4.61. The van der Waals surface area contributed by atoms with Crippen LogP contribution < -0.4 is 0 Å². The van der Waals surface area contributed by atoms with Crippen molar-refractivity contribution in [3.8, 4) is 0 Å². The number of aliphatic hydroxyl groups excluding tert-OH is 1. The van der Waals surface area contributed by atoms with Gasteiger partial charge in [0.2, 0.25) is 0 Å². The predicted molar refractivity (Wildman–Crippen MR) is 108 cm³/mol. The summed E-state index contributed by atoms with van der Waals surface area (Å²) in [6.45, 7) is 7.01. The molecule has 0 aliphatic heterocycles. The number of fused-ring (bicyclic) bond motifs is 5. The first-order valence-electron chi connectivity index (χ1n) is 11.3. The minimum absolute atomic E-state index is 0.0755. The summed E-state index contributed by atoms with van der Waals surface area (Å²) in [5.41, 5.74) is 1.49. The third-order valence-electron chi connectivity index (χ3n) is 9.56. The molecule has 0 radical (unpaired) electrons. The Hall–Kier alpha value is -1.16. The highest BCUT2D eigenvalue weighted by atomic mass is 16.4. The fraction of sp³-hybridized carbons (Fsp3) is 0.833. The number of hydrogen-bond donors (Lipinski definition) is 2. The Bertz CT molecular complexity index is 697. The Kier molecular flexibility index (Phi) is 5.01. The molecular formula is C24H36O4. The molecule has 0 spiro atoms. The molecule has 0 aromatic rings. The van der Waals surface area contributed by atoms with E-state index in [9.17, 15) is 14.7 Å². The van der Waals surface area contributed by atoms with Gasteiger partial charge in [0.25, 0.3) is 0 Å². The first-order chi connectivity index (χ1) is 13.2. The lowest BCUT2D eigenvalue weighted by Gasteiger charge is -2.59. The Morgan fingerprint density at radius 2 is 1.96 bits per heavy atom. The molecule has 0 bridgehead atoms. The molecule has 4 nitrogen and oxygen atoms in total. The highest BCUT2D eigenvalue weighted by Crippen LogP contribution is 2.67. The van der Waals surface area contributed by atoms with Gasteiger partial charge in [0.15, 0.2) is 5.78 Å². The van der Waals surface area contributed by atoms with E-state index in [4.69, 9.17) is 5.11 Å². The van der Waals surface area contributed by atoms with Crippen LogP contribution in [0.4, 0.5) is 0 Å². The molecule has 3 unspecified atom stereocenters. The maximum absolute atomic E-state index is 12.0. The normalized spacial score (nSPS) is 46.2. The molecule has 0 amide bonds. The second kappa shape index (κ2) is 6.97. The van der Waals surface area contributed by atoms with E-state index in [0.717, 1.165) is 32.1 Å². The molecule has 4 rings (SSSR count). The third-order valence-corrected chi connectivity index (χ3v) is 9.56. The number of ketones is 1. The molecular weight excluding hydrogens is 352 g/mol. The van der Waals surface area contributed by atoms with Crippen molar-refractivity contribution in [2.45, 2.75) is 84.7 Å². The van der Waals surface area contributed by atoms with E-state index in [0.29, 0.717) is 42.4 Å². The van der Waals surface area contributed by atoms with E-state index < -0.39 is 5.97 Å². The smallest absolute Gasteiger partial charge is 0.303 e. The van der Waals surface area contributed by atoms with E-state index in [1.807, 2.05) is 6.08 Å². The van der Waals surface area contributed by atoms with Crippen LogP contribution in [0.1, 0.15) is 78.6 Å². The van der Waals surface area contributed by atoms with E-state index in [-0.39, 0.29) is 29.1 Å². The van der Waals surface area contributed by atoms with Crippen LogP contribution in [0, 0.1) is 40.4 Å². The van der Waals surface area contributed by atoms with Gasteiger partial charge in [0.1, 0.15) is 0 Å². The van der Waals surface area contributed by atoms with Crippen LogP contribution in [0.25, 0.3) is 0 Å². The lowest BCUT2D eigenvalue weighted by Crippen LogP contribution is -2.55. The van der Waals surface area contributed by atoms with Crippen molar-refractivity contribution in [1.29, 1.82) is 0 Å². The minimum atomic E-state index is -0.697. The Labute approximate surface area is 168 Å². The number of carboxylic acids is 1. The first-order valence-corrected chi connectivity index (χ1v) is 11.3.